The van der Waals surface area contributed by atoms with Crippen LogP contribution in [0.25, 0.3) is 10.7 Å². The van der Waals surface area contributed by atoms with Crippen molar-refractivity contribution in [3.63, 3.8) is 0 Å². The zero-order chi connectivity index (χ0) is 15.5. The number of hydrogen-bond donors (Lipinski definition) is 0. The summed E-state index contributed by atoms with van der Waals surface area (Å²) in [5, 5.41) is 12.2. The van der Waals surface area contributed by atoms with Crippen molar-refractivity contribution in [2.75, 3.05) is 7.11 Å². The molecule has 4 nitrogen and oxygen atoms in total. The second kappa shape index (κ2) is 6.73. The highest BCUT2D eigenvalue weighted by atomic mass is 35.5. The Morgan fingerprint density at radius 1 is 1.32 bits per heavy atom. The number of ether oxygens (including phenoxy) is 1. The first-order valence-corrected chi connectivity index (χ1v) is 8.82. The number of halogens is 1. The zero-order valence-corrected chi connectivity index (χ0v) is 14.5. The quantitative estimate of drug-likeness (QED) is 0.634. The van der Waals surface area contributed by atoms with Gasteiger partial charge in [-0.15, -0.1) is 21.5 Å². The van der Waals surface area contributed by atoms with Gasteiger partial charge in [-0.2, -0.15) is 0 Å². The molecular weight excluding hydrogens is 338 g/mol. The molecule has 114 valence electrons. The number of nitrogens with zero attached hydrogens (tertiary/aromatic N) is 3. The number of benzene rings is 1. The third kappa shape index (κ3) is 3.14. The Hall–Kier alpha value is -1.50. The van der Waals surface area contributed by atoms with Crippen LogP contribution in [0.5, 0.6) is 5.75 Å². The minimum Gasteiger partial charge on any atom is -0.496 e. The maximum absolute atomic E-state index is 6.06. The van der Waals surface area contributed by atoms with Gasteiger partial charge in [-0.25, -0.2) is 0 Å². The van der Waals surface area contributed by atoms with Crippen LogP contribution < -0.4 is 4.74 Å². The lowest BCUT2D eigenvalue weighted by atomic mass is 10.2. The predicted octanol–water partition coefficient (Wildman–Crippen LogP) is 4.50. The monoisotopic (exact) mass is 351 g/mol. The van der Waals surface area contributed by atoms with Gasteiger partial charge in [0.2, 0.25) is 0 Å². The first-order chi connectivity index (χ1) is 10.7. The summed E-state index contributed by atoms with van der Waals surface area (Å²) in [6, 6.07) is 9.68. The normalized spacial score (nSPS) is 10.9. The molecule has 0 spiro atoms. The fraction of sp³-hybridized carbons (Fsp3) is 0.200. The van der Waals surface area contributed by atoms with Gasteiger partial charge in [0.05, 0.1) is 12.0 Å². The molecule has 3 rings (SSSR count). The van der Waals surface area contributed by atoms with Crippen LogP contribution in [0.15, 0.2) is 40.9 Å². The van der Waals surface area contributed by atoms with Gasteiger partial charge in [0.15, 0.2) is 11.0 Å². The van der Waals surface area contributed by atoms with E-state index in [-0.39, 0.29) is 0 Å². The second-order valence-electron chi connectivity index (χ2n) is 4.59. The molecule has 0 aliphatic rings. The summed E-state index contributed by atoms with van der Waals surface area (Å²) < 4.78 is 7.38. The lowest BCUT2D eigenvalue weighted by Crippen LogP contribution is -1.95. The summed E-state index contributed by atoms with van der Waals surface area (Å²) in [7, 11) is 3.64. The van der Waals surface area contributed by atoms with Crippen LogP contribution in [0.2, 0.25) is 5.02 Å². The molecule has 0 unspecified atom stereocenters. The van der Waals surface area contributed by atoms with E-state index in [2.05, 4.69) is 10.2 Å². The van der Waals surface area contributed by atoms with Gasteiger partial charge < -0.3 is 9.30 Å². The van der Waals surface area contributed by atoms with E-state index in [0.29, 0.717) is 5.02 Å². The molecule has 0 aliphatic carbocycles. The van der Waals surface area contributed by atoms with Crippen molar-refractivity contribution in [2.24, 2.45) is 7.05 Å². The summed E-state index contributed by atoms with van der Waals surface area (Å²) in [6.45, 7) is 0. The molecule has 2 aromatic heterocycles. The number of thiophene rings is 1. The molecule has 2 heterocycles. The summed E-state index contributed by atoms with van der Waals surface area (Å²) in [4.78, 5) is 1.11. The Morgan fingerprint density at radius 3 is 2.91 bits per heavy atom. The molecule has 0 aliphatic heterocycles. The van der Waals surface area contributed by atoms with E-state index in [1.54, 1.807) is 30.2 Å². The zero-order valence-electron chi connectivity index (χ0n) is 12.1. The summed E-state index contributed by atoms with van der Waals surface area (Å²) in [6.07, 6.45) is 0. The minimum absolute atomic E-state index is 0.702. The van der Waals surface area contributed by atoms with Gasteiger partial charge in [0.1, 0.15) is 5.75 Å². The van der Waals surface area contributed by atoms with Crippen LogP contribution in [0.4, 0.5) is 0 Å². The molecule has 1 aromatic carbocycles. The fourth-order valence-corrected chi connectivity index (χ4v) is 3.89. The van der Waals surface area contributed by atoms with Crippen LogP contribution in [0.1, 0.15) is 5.56 Å². The molecule has 22 heavy (non-hydrogen) atoms. The van der Waals surface area contributed by atoms with Crippen LogP contribution in [0, 0.1) is 0 Å². The Morgan fingerprint density at radius 2 is 2.18 bits per heavy atom. The Bertz CT molecular complexity index is 771. The number of aromatic nitrogens is 3. The Labute approximate surface area is 142 Å². The molecule has 0 atom stereocenters. The SMILES string of the molecule is COc1ccc(Cl)cc1CSc1nnc(-c2cccs2)n1C. The molecule has 0 N–H and O–H groups in total. The third-order valence-corrected chi connectivity index (χ3v) is 5.35. The van der Waals surface area contributed by atoms with E-state index < -0.39 is 0 Å². The molecule has 3 aromatic rings. The standard InChI is InChI=1S/C15H14ClN3OS2/c1-19-14(13-4-3-7-21-13)17-18-15(19)22-9-10-8-11(16)5-6-12(10)20-2/h3-8H,9H2,1-2H3. The average molecular weight is 352 g/mol. The molecule has 0 saturated carbocycles. The second-order valence-corrected chi connectivity index (χ2v) is 6.91. The number of hydrogen-bond acceptors (Lipinski definition) is 5. The lowest BCUT2D eigenvalue weighted by Gasteiger charge is -2.08. The van der Waals surface area contributed by atoms with Gasteiger partial charge in [0.25, 0.3) is 0 Å². The molecule has 0 radical (unpaired) electrons. The van der Waals surface area contributed by atoms with Crippen molar-refractivity contribution in [2.45, 2.75) is 10.9 Å². The fourth-order valence-electron chi connectivity index (χ4n) is 2.06. The average Bonchev–Trinajstić information content (AvgIpc) is 3.15. The van der Waals surface area contributed by atoms with E-state index in [4.69, 9.17) is 16.3 Å². The smallest absolute Gasteiger partial charge is 0.191 e. The van der Waals surface area contributed by atoms with Gasteiger partial charge in [-0.1, -0.05) is 29.4 Å². The molecular formula is C15H14ClN3OS2. The summed E-state index contributed by atoms with van der Waals surface area (Å²) >= 11 is 9.33. The van der Waals surface area contributed by atoms with Crippen molar-refractivity contribution >= 4 is 34.7 Å². The predicted molar refractivity (Wildman–Crippen MR) is 91.9 cm³/mol. The van der Waals surface area contributed by atoms with Crippen LogP contribution >= 0.6 is 34.7 Å². The van der Waals surface area contributed by atoms with Gasteiger partial charge in [0, 0.05) is 23.4 Å². The lowest BCUT2D eigenvalue weighted by molar-refractivity contribution is 0.411. The van der Waals surface area contributed by atoms with E-state index in [1.807, 2.05) is 47.3 Å². The highest BCUT2D eigenvalue weighted by Gasteiger charge is 2.13. The van der Waals surface area contributed by atoms with Gasteiger partial charge >= 0.3 is 0 Å². The minimum atomic E-state index is 0.702. The van der Waals surface area contributed by atoms with Crippen molar-refractivity contribution in [3.05, 3.63) is 46.3 Å². The largest absolute Gasteiger partial charge is 0.496 e. The first-order valence-electron chi connectivity index (χ1n) is 6.57. The highest BCUT2D eigenvalue weighted by Crippen LogP contribution is 2.31. The molecule has 0 saturated heterocycles. The van der Waals surface area contributed by atoms with E-state index in [1.165, 1.54) is 0 Å². The number of thioether (sulfide) groups is 1. The molecule has 0 bridgehead atoms. The van der Waals surface area contributed by atoms with Crippen molar-refractivity contribution in [1.29, 1.82) is 0 Å². The van der Waals surface area contributed by atoms with Gasteiger partial charge in [-0.3, -0.25) is 0 Å². The molecule has 7 heteroatoms. The van der Waals surface area contributed by atoms with Crippen molar-refractivity contribution < 1.29 is 4.74 Å². The van der Waals surface area contributed by atoms with Crippen molar-refractivity contribution in [3.8, 4) is 16.5 Å². The van der Waals surface area contributed by atoms with Crippen molar-refractivity contribution in [1.82, 2.24) is 14.8 Å². The Balaban J connectivity index is 1.79. The number of rotatable bonds is 5. The molecule has 0 fully saturated rings. The van der Waals surface area contributed by atoms with Crippen LogP contribution in [-0.4, -0.2) is 21.9 Å². The maximum Gasteiger partial charge on any atom is 0.191 e. The molecule has 0 amide bonds. The first kappa shape index (κ1) is 15.4. The summed E-state index contributed by atoms with van der Waals surface area (Å²) in [5.41, 5.74) is 1.04. The maximum atomic E-state index is 6.06. The van der Waals surface area contributed by atoms with Crippen LogP contribution in [0.3, 0.4) is 0 Å². The highest BCUT2D eigenvalue weighted by molar-refractivity contribution is 7.98. The summed E-state index contributed by atoms with van der Waals surface area (Å²) in [5.74, 6) is 2.44. The van der Waals surface area contributed by atoms with E-state index >= 15 is 0 Å². The van der Waals surface area contributed by atoms with Crippen LogP contribution in [-0.2, 0) is 12.8 Å². The van der Waals surface area contributed by atoms with Gasteiger partial charge in [-0.05, 0) is 29.6 Å². The topological polar surface area (TPSA) is 39.9 Å². The Kier molecular flexibility index (Phi) is 4.71. The van der Waals surface area contributed by atoms with E-state index in [9.17, 15) is 0 Å². The van der Waals surface area contributed by atoms with E-state index in [0.717, 1.165) is 32.9 Å². The number of methoxy groups -OCH3 is 1. The third-order valence-electron chi connectivity index (χ3n) is 3.18.